The Kier molecular flexibility index (Phi) is 5.38. The van der Waals surface area contributed by atoms with Gasteiger partial charge in [-0.05, 0) is 48.0 Å². The maximum absolute atomic E-state index is 13.3. The topological polar surface area (TPSA) is 159 Å². The van der Waals surface area contributed by atoms with Crippen LogP contribution in [0, 0.1) is 0 Å². The molecule has 35 heavy (non-hydrogen) atoms. The van der Waals surface area contributed by atoms with Gasteiger partial charge in [-0.25, -0.2) is 23.0 Å². The molecular formula is C24H19N7O3S. The summed E-state index contributed by atoms with van der Waals surface area (Å²) in [5.74, 6) is -0.0998. The van der Waals surface area contributed by atoms with Gasteiger partial charge in [-0.2, -0.15) is 0 Å². The highest BCUT2D eigenvalue weighted by atomic mass is 32.2. The van der Waals surface area contributed by atoms with Gasteiger partial charge in [0.1, 0.15) is 10.7 Å². The van der Waals surface area contributed by atoms with E-state index < -0.39 is 10.0 Å². The highest BCUT2D eigenvalue weighted by Crippen LogP contribution is 2.28. The minimum Gasteiger partial charge on any atom is -0.383 e. The first-order chi connectivity index (χ1) is 16.8. The van der Waals surface area contributed by atoms with Gasteiger partial charge in [0, 0.05) is 18.0 Å². The van der Waals surface area contributed by atoms with Crippen LogP contribution in [0.1, 0.15) is 0 Å². The number of hydrogen-bond acceptors (Lipinski definition) is 8. The Balaban J connectivity index is 1.61. The highest BCUT2D eigenvalue weighted by Gasteiger charge is 2.20. The second kappa shape index (κ2) is 8.54. The van der Waals surface area contributed by atoms with Crippen LogP contribution in [0.15, 0.2) is 95.0 Å². The minimum absolute atomic E-state index is 0.0606. The van der Waals surface area contributed by atoms with E-state index in [-0.39, 0.29) is 27.9 Å². The zero-order valence-electron chi connectivity index (χ0n) is 18.2. The molecule has 174 valence electrons. The number of anilines is 3. The van der Waals surface area contributed by atoms with Crippen molar-refractivity contribution in [2.45, 2.75) is 4.90 Å². The van der Waals surface area contributed by atoms with Crippen LogP contribution in [-0.4, -0.2) is 27.9 Å². The normalized spacial score (nSPS) is 11.4. The van der Waals surface area contributed by atoms with Crippen LogP contribution in [0.5, 0.6) is 0 Å². The average Bonchev–Trinajstić information content (AvgIpc) is 2.85. The molecule has 10 nitrogen and oxygen atoms in total. The van der Waals surface area contributed by atoms with Gasteiger partial charge in [0.25, 0.3) is 15.6 Å². The van der Waals surface area contributed by atoms with Crippen LogP contribution in [-0.2, 0) is 10.0 Å². The van der Waals surface area contributed by atoms with Crippen LogP contribution < -0.4 is 21.7 Å². The number of fused-ring (bicyclic) bond motifs is 1. The lowest BCUT2D eigenvalue weighted by molar-refractivity contribution is 0.601. The summed E-state index contributed by atoms with van der Waals surface area (Å²) in [6, 6.07) is 18.5. The SMILES string of the molecule is Nc1ncc(-c2ccc3nc(N)n(-c4ccccc4)c(=O)c3c2)cc1S(=O)(=O)Nc1cccnc1. The van der Waals surface area contributed by atoms with E-state index in [2.05, 4.69) is 19.7 Å². The molecule has 0 atom stereocenters. The van der Waals surface area contributed by atoms with Crippen molar-refractivity contribution in [1.29, 1.82) is 0 Å². The monoisotopic (exact) mass is 485 g/mol. The second-order valence-electron chi connectivity index (χ2n) is 7.63. The Morgan fingerprint density at radius 3 is 2.43 bits per heavy atom. The fourth-order valence-electron chi connectivity index (χ4n) is 3.67. The van der Waals surface area contributed by atoms with E-state index in [1.54, 1.807) is 54.6 Å². The summed E-state index contributed by atoms with van der Waals surface area (Å²) in [5.41, 5.74) is 13.9. The number of hydrogen-bond donors (Lipinski definition) is 3. The maximum atomic E-state index is 13.3. The number of nitrogens with two attached hydrogens (primary N) is 2. The lowest BCUT2D eigenvalue weighted by Crippen LogP contribution is -2.23. The molecule has 11 heteroatoms. The van der Waals surface area contributed by atoms with Crippen LogP contribution in [0.2, 0.25) is 0 Å². The number of nitrogen functional groups attached to an aromatic ring is 2. The van der Waals surface area contributed by atoms with Gasteiger partial charge in [-0.15, -0.1) is 0 Å². The van der Waals surface area contributed by atoms with Gasteiger partial charge in [0.05, 0.1) is 28.5 Å². The summed E-state index contributed by atoms with van der Waals surface area (Å²) < 4.78 is 29.7. The van der Waals surface area contributed by atoms with Crippen molar-refractivity contribution in [2.24, 2.45) is 0 Å². The minimum atomic E-state index is -4.05. The third-order valence-electron chi connectivity index (χ3n) is 5.33. The van der Waals surface area contributed by atoms with E-state index in [4.69, 9.17) is 11.5 Å². The molecule has 0 aliphatic rings. The van der Waals surface area contributed by atoms with E-state index in [1.807, 2.05) is 6.07 Å². The van der Waals surface area contributed by atoms with Gasteiger partial charge in [-0.1, -0.05) is 24.3 Å². The Hall–Kier alpha value is -4.77. The van der Waals surface area contributed by atoms with Gasteiger partial charge < -0.3 is 11.5 Å². The molecule has 0 aliphatic carbocycles. The molecule has 5 rings (SSSR count). The van der Waals surface area contributed by atoms with Crippen molar-refractivity contribution in [1.82, 2.24) is 19.5 Å². The van der Waals surface area contributed by atoms with Crippen molar-refractivity contribution in [3.05, 3.63) is 95.7 Å². The summed E-state index contributed by atoms with van der Waals surface area (Å²) in [5, 5.41) is 0.315. The number of benzene rings is 2. The zero-order valence-corrected chi connectivity index (χ0v) is 19.0. The van der Waals surface area contributed by atoms with Gasteiger partial charge >= 0.3 is 0 Å². The van der Waals surface area contributed by atoms with E-state index in [9.17, 15) is 13.2 Å². The number of nitrogens with zero attached hydrogens (tertiary/aromatic N) is 4. The van der Waals surface area contributed by atoms with Crippen LogP contribution in [0.3, 0.4) is 0 Å². The predicted molar refractivity (Wildman–Crippen MR) is 134 cm³/mol. The van der Waals surface area contributed by atoms with Gasteiger partial charge in [0.15, 0.2) is 0 Å². The smallest absolute Gasteiger partial charge is 0.267 e. The molecule has 0 saturated carbocycles. The molecule has 0 aliphatic heterocycles. The standard InChI is InChI=1S/C24H19N7O3S/c25-22-21(35(33,34)30-17-5-4-10-27-14-17)12-16(13-28-22)15-8-9-20-19(11-15)23(32)31(24(26)29-20)18-6-2-1-3-7-18/h1-14,30H,(H2,25,28)(H2,26,29). The van der Waals surface area contributed by atoms with Crippen LogP contribution >= 0.6 is 0 Å². The molecule has 3 heterocycles. The lowest BCUT2D eigenvalue weighted by Gasteiger charge is -2.12. The molecule has 5 N–H and O–H groups in total. The predicted octanol–water partition coefficient (Wildman–Crippen LogP) is 2.81. The summed E-state index contributed by atoms with van der Waals surface area (Å²) in [6.07, 6.45) is 4.35. The van der Waals surface area contributed by atoms with Crippen molar-refractivity contribution in [3.8, 4) is 16.8 Å². The summed E-state index contributed by atoms with van der Waals surface area (Å²) in [7, 11) is -4.05. The third-order valence-corrected chi connectivity index (χ3v) is 6.74. The quantitative estimate of drug-likeness (QED) is 0.343. The van der Waals surface area contributed by atoms with Crippen molar-refractivity contribution >= 4 is 38.4 Å². The van der Waals surface area contributed by atoms with E-state index >= 15 is 0 Å². The van der Waals surface area contributed by atoms with Crippen LogP contribution in [0.25, 0.3) is 27.7 Å². The van der Waals surface area contributed by atoms with Gasteiger partial charge in [0.2, 0.25) is 5.95 Å². The largest absolute Gasteiger partial charge is 0.383 e. The second-order valence-corrected chi connectivity index (χ2v) is 9.28. The maximum Gasteiger partial charge on any atom is 0.267 e. The Bertz CT molecular complexity index is 1720. The molecule has 0 amide bonds. The number of rotatable bonds is 5. The molecular weight excluding hydrogens is 466 g/mol. The van der Waals surface area contributed by atoms with Crippen LogP contribution in [0.4, 0.5) is 17.5 Å². The van der Waals surface area contributed by atoms with Gasteiger partial charge in [-0.3, -0.25) is 14.5 Å². The number of pyridine rings is 2. The van der Waals surface area contributed by atoms with E-state index in [0.717, 1.165) is 0 Å². The molecule has 3 aromatic heterocycles. The first-order valence-corrected chi connectivity index (χ1v) is 11.9. The Morgan fingerprint density at radius 2 is 1.69 bits per heavy atom. The first kappa shape index (κ1) is 22.0. The zero-order chi connectivity index (χ0) is 24.6. The molecule has 0 spiro atoms. The fraction of sp³-hybridized carbons (Fsp3) is 0. The summed E-state index contributed by atoms with van der Waals surface area (Å²) in [6.45, 7) is 0. The number of para-hydroxylation sites is 1. The molecule has 2 aromatic carbocycles. The number of aromatic nitrogens is 4. The molecule has 0 radical (unpaired) electrons. The van der Waals surface area contributed by atoms with Crippen molar-refractivity contribution < 1.29 is 8.42 Å². The molecule has 5 aromatic rings. The van der Waals surface area contributed by atoms with Crippen molar-refractivity contribution in [2.75, 3.05) is 16.2 Å². The molecule has 0 saturated heterocycles. The Labute approximate surface area is 200 Å². The number of sulfonamides is 1. The first-order valence-electron chi connectivity index (χ1n) is 10.4. The summed E-state index contributed by atoms with van der Waals surface area (Å²) in [4.78, 5) is 25.4. The summed E-state index contributed by atoms with van der Waals surface area (Å²) >= 11 is 0. The highest BCUT2D eigenvalue weighted by molar-refractivity contribution is 7.92. The average molecular weight is 486 g/mol. The van der Waals surface area contributed by atoms with Crippen molar-refractivity contribution in [3.63, 3.8) is 0 Å². The third kappa shape index (κ3) is 4.15. The van der Waals surface area contributed by atoms with E-state index in [0.29, 0.717) is 27.7 Å². The fourth-order valence-corrected chi connectivity index (χ4v) is 4.82. The number of nitrogens with one attached hydrogen (secondary N) is 1. The molecule has 0 bridgehead atoms. The van der Waals surface area contributed by atoms with E-state index in [1.165, 1.54) is 29.2 Å². The lowest BCUT2D eigenvalue weighted by atomic mass is 10.1. The molecule has 0 fully saturated rings. The Morgan fingerprint density at radius 1 is 0.886 bits per heavy atom. The molecule has 0 unspecified atom stereocenters.